The van der Waals surface area contributed by atoms with Crippen LogP contribution in [0, 0.1) is 11.6 Å². The van der Waals surface area contributed by atoms with Crippen molar-refractivity contribution in [3.05, 3.63) is 83.7 Å². The number of aromatic nitrogens is 2. The van der Waals surface area contributed by atoms with E-state index in [4.69, 9.17) is 0 Å². The third-order valence-corrected chi connectivity index (χ3v) is 5.58. The molecule has 4 rings (SSSR count). The van der Waals surface area contributed by atoms with Gasteiger partial charge in [-0.25, -0.2) is 13.5 Å². The molecule has 158 valence electrons. The van der Waals surface area contributed by atoms with Gasteiger partial charge in [0.25, 0.3) is 0 Å². The van der Waals surface area contributed by atoms with Crippen molar-refractivity contribution >= 4 is 0 Å². The number of aliphatic hydroxyl groups is 1. The second kappa shape index (κ2) is 9.47. The highest BCUT2D eigenvalue weighted by atomic mass is 19.1. The second-order valence-electron chi connectivity index (χ2n) is 7.77. The molecule has 1 aromatic heterocycles. The average Bonchev–Trinajstić information content (AvgIpc) is 3.21. The van der Waals surface area contributed by atoms with Crippen molar-refractivity contribution in [2.45, 2.75) is 25.6 Å². The molecule has 7 heteroatoms. The molecule has 0 amide bonds. The summed E-state index contributed by atoms with van der Waals surface area (Å²) in [6.45, 7) is 4.30. The molecule has 0 unspecified atom stereocenters. The van der Waals surface area contributed by atoms with Gasteiger partial charge in [0.15, 0.2) is 0 Å². The molecule has 1 aliphatic heterocycles. The third-order valence-electron chi connectivity index (χ3n) is 5.58. The van der Waals surface area contributed by atoms with E-state index in [1.54, 1.807) is 16.8 Å². The molecule has 0 radical (unpaired) electrons. The molecular weight excluding hydrogens is 386 g/mol. The number of benzene rings is 2. The first kappa shape index (κ1) is 20.7. The molecular formula is C23H26F2N4O. The van der Waals surface area contributed by atoms with Crippen LogP contribution in [0.1, 0.15) is 17.5 Å². The summed E-state index contributed by atoms with van der Waals surface area (Å²) >= 11 is 0. The molecule has 1 fully saturated rings. The van der Waals surface area contributed by atoms with Crippen molar-refractivity contribution in [2.75, 3.05) is 26.2 Å². The molecule has 1 atom stereocenters. The van der Waals surface area contributed by atoms with E-state index < -0.39 is 0 Å². The van der Waals surface area contributed by atoms with E-state index in [0.29, 0.717) is 6.42 Å². The van der Waals surface area contributed by atoms with Crippen LogP contribution in [0.4, 0.5) is 8.78 Å². The Labute approximate surface area is 175 Å². The molecule has 2 aromatic carbocycles. The Morgan fingerprint density at radius 2 is 1.60 bits per heavy atom. The summed E-state index contributed by atoms with van der Waals surface area (Å²) in [5.74, 6) is -0.490. The van der Waals surface area contributed by atoms with Gasteiger partial charge < -0.3 is 5.11 Å². The summed E-state index contributed by atoms with van der Waals surface area (Å²) in [6.07, 6.45) is 4.51. The van der Waals surface area contributed by atoms with E-state index in [-0.39, 0.29) is 24.3 Å². The van der Waals surface area contributed by atoms with Crippen LogP contribution in [0.15, 0.2) is 60.9 Å². The lowest BCUT2D eigenvalue weighted by molar-refractivity contribution is 0.0499. The van der Waals surface area contributed by atoms with Crippen molar-refractivity contribution in [3.8, 4) is 5.69 Å². The van der Waals surface area contributed by atoms with Gasteiger partial charge in [0, 0.05) is 57.1 Å². The Kier molecular flexibility index (Phi) is 6.52. The first-order valence-electron chi connectivity index (χ1n) is 10.2. The Balaban J connectivity index is 1.38. The minimum Gasteiger partial charge on any atom is -0.396 e. The van der Waals surface area contributed by atoms with E-state index in [9.17, 15) is 13.9 Å². The fraction of sp³-hybridized carbons (Fsp3) is 0.348. The SMILES string of the molecule is OCC[C@H]1CN(Cc2cnn(-c3ccc(F)cc3)c2)CCN1Cc1ccc(F)cc1. The number of rotatable bonds is 7. The van der Waals surface area contributed by atoms with Crippen LogP contribution in [0.3, 0.4) is 0 Å². The number of piperazine rings is 1. The lowest BCUT2D eigenvalue weighted by Gasteiger charge is -2.41. The Morgan fingerprint density at radius 3 is 2.30 bits per heavy atom. The zero-order chi connectivity index (χ0) is 20.9. The van der Waals surface area contributed by atoms with Gasteiger partial charge in [-0.1, -0.05) is 12.1 Å². The summed E-state index contributed by atoms with van der Waals surface area (Å²) in [6, 6.07) is 13.1. The average molecular weight is 412 g/mol. The predicted octanol–water partition coefficient (Wildman–Crippen LogP) is 3.22. The standard InChI is InChI=1S/C23H26F2N4O/c24-20-3-1-18(2-4-20)15-28-11-10-27(17-23(28)9-12-30)14-19-13-26-29(16-19)22-7-5-21(25)6-8-22/h1-8,13,16,23,30H,9-12,14-15,17H2/t23-/m0/s1. The molecule has 0 saturated carbocycles. The van der Waals surface area contributed by atoms with Gasteiger partial charge in [0.1, 0.15) is 11.6 Å². The normalized spacial score (nSPS) is 18.0. The smallest absolute Gasteiger partial charge is 0.123 e. The second-order valence-corrected chi connectivity index (χ2v) is 7.77. The van der Waals surface area contributed by atoms with Gasteiger partial charge in [-0.15, -0.1) is 0 Å². The van der Waals surface area contributed by atoms with E-state index in [1.807, 2.05) is 24.5 Å². The first-order valence-corrected chi connectivity index (χ1v) is 10.2. The number of nitrogens with zero attached hydrogens (tertiary/aromatic N) is 4. The van der Waals surface area contributed by atoms with Crippen LogP contribution >= 0.6 is 0 Å². The monoisotopic (exact) mass is 412 g/mol. The highest BCUT2D eigenvalue weighted by Crippen LogP contribution is 2.19. The largest absolute Gasteiger partial charge is 0.396 e. The van der Waals surface area contributed by atoms with E-state index in [2.05, 4.69) is 14.9 Å². The lowest BCUT2D eigenvalue weighted by Crippen LogP contribution is -2.52. The van der Waals surface area contributed by atoms with Crippen molar-refractivity contribution in [1.29, 1.82) is 0 Å². The van der Waals surface area contributed by atoms with Gasteiger partial charge >= 0.3 is 0 Å². The van der Waals surface area contributed by atoms with E-state index >= 15 is 0 Å². The zero-order valence-corrected chi connectivity index (χ0v) is 16.8. The van der Waals surface area contributed by atoms with Crippen LogP contribution in [0.2, 0.25) is 0 Å². The van der Waals surface area contributed by atoms with Crippen molar-refractivity contribution < 1.29 is 13.9 Å². The van der Waals surface area contributed by atoms with Crippen molar-refractivity contribution in [3.63, 3.8) is 0 Å². The third kappa shape index (κ3) is 5.11. The lowest BCUT2D eigenvalue weighted by atomic mass is 10.1. The highest BCUT2D eigenvalue weighted by molar-refractivity contribution is 5.31. The molecule has 1 N–H and O–H groups in total. The number of aliphatic hydroxyl groups excluding tert-OH is 1. The Bertz CT molecular complexity index is 943. The quantitative estimate of drug-likeness (QED) is 0.647. The number of halogens is 2. The van der Waals surface area contributed by atoms with Gasteiger partial charge in [0.05, 0.1) is 11.9 Å². The van der Waals surface area contributed by atoms with Crippen LogP contribution in [0.5, 0.6) is 0 Å². The van der Waals surface area contributed by atoms with Gasteiger partial charge in [-0.3, -0.25) is 9.80 Å². The minimum atomic E-state index is -0.264. The summed E-state index contributed by atoms with van der Waals surface area (Å²) in [5.41, 5.74) is 2.99. The predicted molar refractivity (Wildman–Crippen MR) is 111 cm³/mol. The topological polar surface area (TPSA) is 44.5 Å². The van der Waals surface area contributed by atoms with Crippen LogP contribution in [-0.4, -0.2) is 57.0 Å². The molecule has 0 aliphatic carbocycles. The number of hydrogen-bond donors (Lipinski definition) is 1. The van der Waals surface area contributed by atoms with Gasteiger partial charge in [-0.05, 0) is 48.4 Å². The Hall–Kier alpha value is -2.61. The molecule has 3 aromatic rings. The van der Waals surface area contributed by atoms with Crippen molar-refractivity contribution in [2.24, 2.45) is 0 Å². The van der Waals surface area contributed by atoms with Crippen LogP contribution in [-0.2, 0) is 13.1 Å². The molecule has 0 bridgehead atoms. The zero-order valence-electron chi connectivity index (χ0n) is 16.8. The van der Waals surface area contributed by atoms with Crippen molar-refractivity contribution in [1.82, 2.24) is 19.6 Å². The highest BCUT2D eigenvalue weighted by Gasteiger charge is 2.27. The summed E-state index contributed by atoms with van der Waals surface area (Å²) < 4.78 is 28.1. The molecule has 0 spiro atoms. The molecule has 1 saturated heterocycles. The van der Waals surface area contributed by atoms with Gasteiger partial charge in [-0.2, -0.15) is 5.10 Å². The fourth-order valence-corrected chi connectivity index (χ4v) is 3.99. The summed E-state index contributed by atoms with van der Waals surface area (Å²) in [5, 5.41) is 13.9. The summed E-state index contributed by atoms with van der Waals surface area (Å²) in [7, 11) is 0. The fourth-order valence-electron chi connectivity index (χ4n) is 3.99. The van der Waals surface area contributed by atoms with Crippen LogP contribution < -0.4 is 0 Å². The maximum absolute atomic E-state index is 13.2. The Morgan fingerprint density at radius 1 is 0.900 bits per heavy atom. The molecule has 30 heavy (non-hydrogen) atoms. The molecule has 1 aliphatic rings. The molecule has 5 nitrogen and oxygen atoms in total. The molecule has 2 heterocycles. The first-order chi connectivity index (χ1) is 14.6. The van der Waals surface area contributed by atoms with Crippen LogP contribution in [0.25, 0.3) is 5.69 Å². The van der Waals surface area contributed by atoms with Gasteiger partial charge in [0.2, 0.25) is 0 Å². The van der Waals surface area contributed by atoms with E-state index in [0.717, 1.165) is 49.5 Å². The minimum absolute atomic E-state index is 0.140. The maximum Gasteiger partial charge on any atom is 0.123 e. The maximum atomic E-state index is 13.2. The number of hydrogen-bond acceptors (Lipinski definition) is 4. The summed E-state index contributed by atoms with van der Waals surface area (Å²) in [4.78, 5) is 4.73. The van der Waals surface area contributed by atoms with E-state index in [1.165, 1.54) is 24.3 Å².